The summed E-state index contributed by atoms with van der Waals surface area (Å²) >= 11 is 9.73. The van der Waals surface area contributed by atoms with E-state index < -0.39 is 11.7 Å². The fourth-order valence-electron chi connectivity index (χ4n) is 3.30. The van der Waals surface area contributed by atoms with Crippen LogP contribution in [0.25, 0.3) is 21.9 Å². The van der Waals surface area contributed by atoms with E-state index in [-0.39, 0.29) is 15.8 Å². The standard InChI is InChI=1S/C16H13ClF3N5OS/c17-10-5-8-11(6-9(10)16(18,19)20)23-13-12(8)14(22-7-21-13)24-1-3-25(4-2-24)15(26)27/h5-7H,1-4H2,(H,26,27)(H,21,22,23). The first-order chi connectivity index (χ1) is 12.8. The number of H-pyrrole nitrogens is 1. The lowest BCUT2D eigenvalue weighted by Gasteiger charge is -2.34. The van der Waals surface area contributed by atoms with Crippen molar-refractivity contribution in [2.24, 2.45) is 0 Å². The first-order valence-corrected chi connectivity index (χ1v) is 8.84. The van der Waals surface area contributed by atoms with Gasteiger partial charge >= 0.3 is 6.18 Å². The van der Waals surface area contributed by atoms with Gasteiger partial charge in [0.15, 0.2) is 0 Å². The van der Waals surface area contributed by atoms with Crippen molar-refractivity contribution >= 4 is 57.2 Å². The number of carbonyl (C=O) groups is 1. The van der Waals surface area contributed by atoms with E-state index in [1.807, 2.05) is 4.90 Å². The number of amides is 1. The third kappa shape index (κ3) is 3.16. The molecule has 0 radical (unpaired) electrons. The van der Waals surface area contributed by atoms with E-state index in [1.165, 1.54) is 12.4 Å². The first kappa shape index (κ1) is 18.2. The summed E-state index contributed by atoms with van der Waals surface area (Å²) in [5, 5.41) is 0.456. The lowest BCUT2D eigenvalue weighted by atomic mass is 10.1. The smallest absolute Gasteiger partial charge is 0.352 e. The lowest BCUT2D eigenvalue weighted by Crippen LogP contribution is -2.47. The van der Waals surface area contributed by atoms with Crippen LogP contribution >= 0.6 is 24.2 Å². The van der Waals surface area contributed by atoms with Gasteiger partial charge in [-0.15, -0.1) is 0 Å². The second-order valence-corrected chi connectivity index (χ2v) is 6.97. The van der Waals surface area contributed by atoms with E-state index in [4.69, 9.17) is 11.6 Å². The number of thiol groups is 1. The number of carbonyl (C=O) groups excluding carboxylic acids is 1. The maximum atomic E-state index is 13.1. The van der Waals surface area contributed by atoms with Gasteiger partial charge in [-0.2, -0.15) is 13.2 Å². The van der Waals surface area contributed by atoms with Crippen molar-refractivity contribution in [1.29, 1.82) is 0 Å². The third-order valence-corrected chi connectivity index (χ3v) is 5.21. The maximum absolute atomic E-state index is 13.1. The number of anilines is 1. The number of halogens is 4. The molecule has 0 bridgehead atoms. The number of fused-ring (bicyclic) bond motifs is 3. The minimum atomic E-state index is -4.55. The predicted octanol–water partition coefficient (Wildman–Crippen LogP) is 3.96. The molecule has 1 aliphatic heterocycles. The van der Waals surface area contributed by atoms with Crippen molar-refractivity contribution in [3.63, 3.8) is 0 Å². The van der Waals surface area contributed by atoms with Gasteiger partial charge in [0.05, 0.1) is 16.0 Å². The molecular formula is C16H13ClF3N5OS. The topological polar surface area (TPSA) is 65.1 Å². The molecule has 1 fully saturated rings. The van der Waals surface area contributed by atoms with E-state index in [9.17, 15) is 18.0 Å². The highest BCUT2D eigenvalue weighted by Gasteiger charge is 2.34. The maximum Gasteiger partial charge on any atom is 0.417 e. The SMILES string of the molecule is O=C(S)N1CCN(c2ncnc3[nH]c4cc(C(F)(F)F)c(Cl)cc4c23)CC1. The van der Waals surface area contributed by atoms with Crippen LogP contribution in [0.3, 0.4) is 0 Å². The molecule has 3 heterocycles. The number of rotatable bonds is 1. The van der Waals surface area contributed by atoms with Crippen molar-refractivity contribution in [1.82, 2.24) is 19.9 Å². The summed E-state index contributed by atoms with van der Waals surface area (Å²) < 4.78 is 39.4. The van der Waals surface area contributed by atoms with Crippen molar-refractivity contribution in [2.75, 3.05) is 31.1 Å². The lowest BCUT2D eigenvalue weighted by molar-refractivity contribution is -0.137. The van der Waals surface area contributed by atoms with Gasteiger partial charge in [-0.05, 0) is 12.1 Å². The van der Waals surface area contributed by atoms with E-state index in [0.29, 0.717) is 48.4 Å². The highest BCUT2D eigenvalue weighted by Crippen LogP contribution is 2.40. The molecule has 0 saturated carbocycles. The minimum Gasteiger partial charge on any atom is -0.352 e. The average molecular weight is 416 g/mol. The number of hydrogen-bond donors (Lipinski definition) is 2. The monoisotopic (exact) mass is 415 g/mol. The quantitative estimate of drug-likeness (QED) is 0.590. The van der Waals surface area contributed by atoms with E-state index in [0.717, 1.165) is 6.07 Å². The van der Waals surface area contributed by atoms with E-state index in [1.54, 1.807) is 4.90 Å². The summed E-state index contributed by atoms with van der Waals surface area (Å²) in [4.78, 5) is 26.3. The molecule has 1 aromatic carbocycles. The Labute approximate surface area is 161 Å². The molecule has 11 heteroatoms. The number of nitrogens with zero attached hydrogens (tertiary/aromatic N) is 4. The Balaban J connectivity index is 1.82. The number of benzene rings is 1. The van der Waals surface area contributed by atoms with Crippen LogP contribution in [0.5, 0.6) is 0 Å². The van der Waals surface area contributed by atoms with Crippen molar-refractivity contribution in [3.8, 4) is 0 Å². The summed E-state index contributed by atoms with van der Waals surface area (Å²) in [6.07, 6.45) is -3.19. The second-order valence-electron chi connectivity index (χ2n) is 6.18. The minimum absolute atomic E-state index is 0.285. The molecule has 3 aromatic rings. The van der Waals surface area contributed by atoms with Crippen LogP contribution in [-0.2, 0) is 6.18 Å². The summed E-state index contributed by atoms with van der Waals surface area (Å²) in [5.74, 6) is 0.591. The molecule has 1 saturated heterocycles. The largest absolute Gasteiger partial charge is 0.417 e. The number of nitrogens with one attached hydrogen (secondary N) is 1. The summed E-state index contributed by atoms with van der Waals surface area (Å²) in [7, 11) is 0. The molecular weight excluding hydrogens is 403 g/mol. The molecule has 1 N–H and O–H groups in total. The van der Waals surface area contributed by atoms with Gasteiger partial charge in [0.25, 0.3) is 5.24 Å². The summed E-state index contributed by atoms with van der Waals surface area (Å²) in [6.45, 7) is 2.02. The Morgan fingerprint density at radius 3 is 2.52 bits per heavy atom. The first-order valence-electron chi connectivity index (χ1n) is 8.01. The number of hydrogen-bond acceptors (Lipinski definition) is 4. The Morgan fingerprint density at radius 1 is 1.19 bits per heavy atom. The number of alkyl halides is 3. The highest BCUT2D eigenvalue weighted by molar-refractivity contribution is 7.96. The van der Waals surface area contributed by atoms with Crippen LogP contribution in [0.1, 0.15) is 5.56 Å². The normalized spacial score (nSPS) is 15.7. The molecule has 0 atom stereocenters. The fourth-order valence-corrected chi connectivity index (χ4v) is 3.77. The van der Waals surface area contributed by atoms with Crippen molar-refractivity contribution < 1.29 is 18.0 Å². The Morgan fingerprint density at radius 2 is 1.89 bits per heavy atom. The average Bonchev–Trinajstić information content (AvgIpc) is 2.98. The molecule has 27 heavy (non-hydrogen) atoms. The van der Waals surface area contributed by atoms with Gasteiger partial charge in [0.2, 0.25) is 0 Å². The van der Waals surface area contributed by atoms with Crippen LogP contribution in [-0.4, -0.2) is 51.3 Å². The van der Waals surface area contributed by atoms with Gasteiger partial charge in [-0.1, -0.05) is 24.2 Å². The zero-order valence-electron chi connectivity index (χ0n) is 13.7. The Hall–Kier alpha value is -2.20. The fraction of sp³-hybridized carbons (Fsp3) is 0.312. The van der Waals surface area contributed by atoms with Crippen molar-refractivity contribution in [2.45, 2.75) is 6.18 Å². The molecule has 142 valence electrons. The Kier molecular flexibility index (Phi) is 4.34. The van der Waals surface area contributed by atoms with Crippen LogP contribution < -0.4 is 4.90 Å². The number of aromatic nitrogens is 3. The summed E-state index contributed by atoms with van der Waals surface area (Å²) in [6, 6.07) is 2.28. The highest BCUT2D eigenvalue weighted by atomic mass is 35.5. The van der Waals surface area contributed by atoms with Gasteiger partial charge < -0.3 is 14.8 Å². The molecule has 4 rings (SSSR count). The van der Waals surface area contributed by atoms with Gasteiger partial charge in [-0.3, -0.25) is 4.79 Å². The van der Waals surface area contributed by atoms with Crippen LogP contribution in [0.4, 0.5) is 23.8 Å². The van der Waals surface area contributed by atoms with Gasteiger partial charge in [-0.25, -0.2) is 9.97 Å². The molecule has 0 spiro atoms. The predicted molar refractivity (Wildman–Crippen MR) is 99.6 cm³/mol. The van der Waals surface area contributed by atoms with Gasteiger partial charge in [0, 0.05) is 37.1 Å². The van der Waals surface area contributed by atoms with Gasteiger partial charge in [0.1, 0.15) is 17.8 Å². The van der Waals surface area contributed by atoms with Crippen LogP contribution in [0.15, 0.2) is 18.5 Å². The Bertz CT molecular complexity index is 1050. The molecule has 0 aliphatic carbocycles. The van der Waals surface area contributed by atoms with E-state index in [2.05, 4.69) is 27.6 Å². The van der Waals surface area contributed by atoms with Crippen molar-refractivity contribution in [3.05, 3.63) is 29.0 Å². The zero-order valence-corrected chi connectivity index (χ0v) is 15.4. The molecule has 1 amide bonds. The molecule has 6 nitrogen and oxygen atoms in total. The van der Waals surface area contributed by atoms with Crippen LogP contribution in [0.2, 0.25) is 5.02 Å². The zero-order chi connectivity index (χ0) is 19.3. The van der Waals surface area contributed by atoms with Crippen LogP contribution in [0, 0.1) is 0 Å². The second kappa shape index (κ2) is 6.45. The summed E-state index contributed by atoms with van der Waals surface area (Å²) in [5.41, 5.74) is -0.190. The number of aromatic amines is 1. The number of piperazine rings is 1. The van der Waals surface area contributed by atoms with E-state index >= 15 is 0 Å². The molecule has 0 unspecified atom stereocenters. The molecule has 2 aromatic heterocycles. The molecule has 1 aliphatic rings. The third-order valence-electron chi connectivity index (χ3n) is 4.61.